The van der Waals surface area contributed by atoms with Crippen molar-refractivity contribution in [2.45, 2.75) is 19.9 Å². The van der Waals surface area contributed by atoms with Gasteiger partial charge in [-0.25, -0.2) is 4.39 Å². The molecule has 0 atom stereocenters. The summed E-state index contributed by atoms with van der Waals surface area (Å²) in [5.41, 5.74) is 2.89. The third-order valence-corrected chi connectivity index (χ3v) is 3.10. The van der Waals surface area contributed by atoms with E-state index in [-0.39, 0.29) is 5.82 Å². The largest absolute Gasteiger partial charge is 0.381 e. The fourth-order valence-electron chi connectivity index (χ4n) is 1.72. The highest BCUT2D eigenvalue weighted by atomic mass is 35.5. The van der Waals surface area contributed by atoms with Crippen molar-refractivity contribution in [3.8, 4) is 0 Å². The summed E-state index contributed by atoms with van der Waals surface area (Å²) >= 11 is 5.71. The number of anilines is 1. The van der Waals surface area contributed by atoms with Gasteiger partial charge in [0.15, 0.2) is 0 Å². The first-order valence-electron chi connectivity index (χ1n) is 5.96. The maximum Gasteiger partial charge on any atom is 0.129 e. The molecule has 0 spiro atoms. The van der Waals surface area contributed by atoms with E-state index in [2.05, 4.69) is 24.4 Å². The van der Waals surface area contributed by atoms with Crippen LogP contribution in [0.1, 0.15) is 18.1 Å². The lowest BCUT2D eigenvalue weighted by Crippen LogP contribution is -2.01. The van der Waals surface area contributed by atoms with Gasteiger partial charge in [-0.3, -0.25) is 0 Å². The molecule has 0 aromatic heterocycles. The Bertz CT molecular complexity index is 523. The molecule has 0 aliphatic rings. The Hall–Kier alpha value is -1.54. The number of hydrogen-bond donors (Lipinski definition) is 1. The lowest BCUT2D eigenvalue weighted by Gasteiger charge is -2.08. The summed E-state index contributed by atoms with van der Waals surface area (Å²) in [6.07, 6.45) is 1.02. The van der Waals surface area contributed by atoms with Crippen LogP contribution in [0.15, 0.2) is 42.5 Å². The molecule has 2 aromatic rings. The van der Waals surface area contributed by atoms with Gasteiger partial charge < -0.3 is 5.32 Å². The summed E-state index contributed by atoms with van der Waals surface area (Å²) in [6, 6.07) is 12.9. The van der Waals surface area contributed by atoms with E-state index in [4.69, 9.17) is 11.6 Å². The van der Waals surface area contributed by atoms with Crippen LogP contribution in [0, 0.1) is 5.82 Å². The predicted octanol–water partition coefficient (Wildman–Crippen LogP) is 4.65. The van der Waals surface area contributed by atoms with E-state index in [1.807, 2.05) is 12.1 Å². The first-order valence-corrected chi connectivity index (χ1v) is 6.33. The van der Waals surface area contributed by atoms with Crippen LogP contribution in [0.3, 0.4) is 0 Å². The van der Waals surface area contributed by atoms with Crippen molar-refractivity contribution in [2.24, 2.45) is 0 Å². The third-order valence-electron chi connectivity index (χ3n) is 2.86. The van der Waals surface area contributed by atoms with Gasteiger partial charge in [-0.1, -0.05) is 36.7 Å². The van der Waals surface area contributed by atoms with Crippen molar-refractivity contribution in [2.75, 3.05) is 5.32 Å². The van der Waals surface area contributed by atoms with Gasteiger partial charge in [-0.15, -0.1) is 0 Å². The molecule has 0 saturated carbocycles. The SMILES string of the molecule is CCc1ccc(NCc2ccc(Cl)cc2F)cc1. The highest BCUT2D eigenvalue weighted by molar-refractivity contribution is 6.30. The summed E-state index contributed by atoms with van der Waals surface area (Å²) in [6.45, 7) is 2.57. The Morgan fingerprint density at radius 1 is 1.11 bits per heavy atom. The first-order chi connectivity index (χ1) is 8.69. The summed E-state index contributed by atoms with van der Waals surface area (Å²) in [7, 11) is 0. The average Bonchev–Trinajstić information content (AvgIpc) is 2.38. The molecule has 0 heterocycles. The van der Waals surface area contributed by atoms with Gasteiger partial charge in [-0.05, 0) is 36.2 Å². The number of rotatable bonds is 4. The molecule has 0 aliphatic carbocycles. The van der Waals surface area contributed by atoms with E-state index in [0.717, 1.165) is 12.1 Å². The molecule has 2 aromatic carbocycles. The predicted molar refractivity (Wildman–Crippen MR) is 74.6 cm³/mol. The second-order valence-electron chi connectivity index (χ2n) is 4.14. The maximum absolute atomic E-state index is 13.5. The molecule has 2 rings (SSSR count). The fraction of sp³-hybridized carbons (Fsp3) is 0.200. The average molecular weight is 264 g/mol. The summed E-state index contributed by atoms with van der Waals surface area (Å²) in [5, 5.41) is 3.61. The first kappa shape index (κ1) is 12.9. The van der Waals surface area contributed by atoms with Gasteiger partial charge in [0, 0.05) is 22.8 Å². The van der Waals surface area contributed by atoms with Crippen LogP contribution in [-0.4, -0.2) is 0 Å². The minimum atomic E-state index is -0.278. The maximum atomic E-state index is 13.5. The van der Waals surface area contributed by atoms with E-state index in [1.54, 1.807) is 12.1 Å². The fourth-order valence-corrected chi connectivity index (χ4v) is 1.88. The van der Waals surface area contributed by atoms with E-state index in [0.29, 0.717) is 17.1 Å². The molecule has 0 fully saturated rings. The molecule has 1 nitrogen and oxygen atoms in total. The van der Waals surface area contributed by atoms with Gasteiger partial charge in [0.1, 0.15) is 5.82 Å². The molecule has 0 unspecified atom stereocenters. The Balaban J connectivity index is 2.02. The van der Waals surface area contributed by atoms with Gasteiger partial charge in [0.25, 0.3) is 0 Å². The second kappa shape index (κ2) is 5.87. The van der Waals surface area contributed by atoms with Crippen LogP contribution >= 0.6 is 11.6 Å². The Morgan fingerprint density at radius 2 is 1.83 bits per heavy atom. The Kier molecular flexibility index (Phi) is 4.21. The standard InChI is InChI=1S/C15H15ClFN/c1-2-11-3-7-14(8-4-11)18-10-12-5-6-13(16)9-15(12)17/h3-9,18H,2,10H2,1H3. The molecule has 18 heavy (non-hydrogen) atoms. The minimum absolute atomic E-state index is 0.278. The van der Waals surface area contributed by atoms with E-state index in [9.17, 15) is 4.39 Å². The number of hydrogen-bond acceptors (Lipinski definition) is 1. The third kappa shape index (κ3) is 3.23. The van der Waals surface area contributed by atoms with Gasteiger partial charge in [-0.2, -0.15) is 0 Å². The number of benzene rings is 2. The Morgan fingerprint density at radius 3 is 2.44 bits per heavy atom. The number of nitrogens with one attached hydrogen (secondary N) is 1. The molecule has 0 radical (unpaired) electrons. The number of aryl methyl sites for hydroxylation is 1. The highest BCUT2D eigenvalue weighted by Crippen LogP contribution is 2.16. The summed E-state index contributed by atoms with van der Waals surface area (Å²) in [4.78, 5) is 0. The van der Waals surface area contributed by atoms with Crippen LogP contribution < -0.4 is 5.32 Å². The molecule has 0 bridgehead atoms. The van der Waals surface area contributed by atoms with Crippen LogP contribution in [-0.2, 0) is 13.0 Å². The molecular formula is C15H15ClFN. The van der Waals surface area contributed by atoms with Crippen LogP contribution in [0.2, 0.25) is 5.02 Å². The molecule has 0 saturated heterocycles. The normalized spacial score (nSPS) is 10.4. The zero-order chi connectivity index (χ0) is 13.0. The van der Waals surface area contributed by atoms with Gasteiger partial charge in [0.2, 0.25) is 0 Å². The molecule has 1 N–H and O–H groups in total. The topological polar surface area (TPSA) is 12.0 Å². The lowest BCUT2D eigenvalue weighted by atomic mass is 10.1. The molecule has 94 valence electrons. The smallest absolute Gasteiger partial charge is 0.129 e. The van der Waals surface area contributed by atoms with Crippen molar-refractivity contribution < 1.29 is 4.39 Å². The van der Waals surface area contributed by atoms with Crippen LogP contribution in [0.25, 0.3) is 0 Å². The van der Waals surface area contributed by atoms with Gasteiger partial charge >= 0.3 is 0 Å². The van der Waals surface area contributed by atoms with Crippen LogP contribution in [0.4, 0.5) is 10.1 Å². The second-order valence-corrected chi connectivity index (χ2v) is 4.58. The van der Waals surface area contributed by atoms with E-state index < -0.39 is 0 Å². The molecule has 0 aliphatic heterocycles. The van der Waals surface area contributed by atoms with E-state index in [1.165, 1.54) is 11.6 Å². The van der Waals surface area contributed by atoms with Crippen LogP contribution in [0.5, 0.6) is 0 Å². The van der Waals surface area contributed by atoms with Crippen molar-refractivity contribution in [1.82, 2.24) is 0 Å². The van der Waals surface area contributed by atoms with Gasteiger partial charge in [0.05, 0.1) is 0 Å². The molecular weight excluding hydrogens is 249 g/mol. The molecule has 3 heteroatoms. The van der Waals surface area contributed by atoms with Crippen molar-refractivity contribution in [3.05, 3.63) is 64.4 Å². The van der Waals surface area contributed by atoms with Crippen molar-refractivity contribution in [3.63, 3.8) is 0 Å². The van der Waals surface area contributed by atoms with Crippen molar-refractivity contribution in [1.29, 1.82) is 0 Å². The molecule has 0 amide bonds. The van der Waals surface area contributed by atoms with E-state index >= 15 is 0 Å². The summed E-state index contributed by atoms with van der Waals surface area (Å²) < 4.78 is 13.5. The summed E-state index contributed by atoms with van der Waals surface area (Å²) in [5.74, 6) is -0.278. The Labute approximate surface area is 112 Å². The van der Waals surface area contributed by atoms with Crippen molar-refractivity contribution >= 4 is 17.3 Å². The monoisotopic (exact) mass is 263 g/mol. The zero-order valence-electron chi connectivity index (χ0n) is 10.2. The highest BCUT2D eigenvalue weighted by Gasteiger charge is 2.02. The zero-order valence-corrected chi connectivity index (χ0v) is 11.0. The minimum Gasteiger partial charge on any atom is -0.381 e. The number of halogens is 2. The quantitative estimate of drug-likeness (QED) is 0.846. The lowest BCUT2D eigenvalue weighted by molar-refractivity contribution is 0.613.